The third kappa shape index (κ3) is 2.94. The van der Waals surface area contributed by atoms with E-state index in [4.69, 9.17) is 10.6 Å². The van der Waals surface area contributed by atoms with Crippen LogP contribution >= 0.6 is 0 Å². The van der Waals surface area contributed by atoms with E-state index >= 15 is 0 Å². The SMILES string of the molecule is C[C@]12CCC(=NOCCN)CC1C(=C(F)F)C[C@@H]1[C@@H]2CC[C@]2(C)C(=O)CC[C@@H]12. The predicted octanol–water partition coefficient (Wildman–Crippen LogP) is 4.69. The van der Waals surface area contributed by atoms with E-state index in [1.165, 1.54) is 0 Å². The molecule has 0 aromatic rings. The highest BCUT2D eigenvalue weighted by Gasteiger charge is 2.61. The number of Topliss-reactive ketones (excluding diaryl/α,β-unsaturated/α-hetero) is 1. The number of carbonyl (C=O) groups is 1. The van der Waals surface area contributed by atoms with Crippen LogP contribution in [0.25, 0.3) is 0 Å². The molecule has 6 heteroatoms. The molecule has 156 valence electrons. The molecule has 2 N–H and O–H groups in total. The molecule has 1 unspecified atom stereocenters. The second-order valence-corrected chi connectivity index (χ2v) is 9.83. The summed E-state index contributed by atoms with van der Waals surface area (Å²) in [5.41, 5.74) is 6.20. The van der Waals surface area contributed by atoms with Crippen molar-refractivity contribution in [1.82, 2.24) is 0 Å². The van der Waals surface area contributed by atoms with E-state index in [1.807, 2.05) is 0 Å². The first-order valence-corrected chi connectivity index (χ1v) is 10.8. The van der Waals surface area contributed by atoms with Gasteiger partial charge in [-0.15, -0.1) is 0 Å². The first-order chi connectivity index (χ1) is 13.3. The van der Waals surface area contributed by atoms with Crippen LogP contribution in [0.5, 0.6) is 0 Å². The summed E-state index contributed by atoms with van der Waals surface area (Å²) in [5.74, 6) is 1.05. The molecule has 4 rings (SSSR count). The lowest BCUT2D eigenvalue weighted by atomic mass is 9.44. The molecule has 6 atom stereocenters. The highest BCUT2D eigenvalue weighted by atomic mass is 19.3. The fourth-order valence-corrected chi connectivity index (χ4v) is 7.16. The van der Waals surface area contributed by atoms with Gasteiger partial charge >= 0.3 is 0 Å². The second-order valence-electron chi connectivity index (χ2n) is 9.83. The van der Waals surface area contributed by atoms with Crippen LogP contribution in [0, 0.1) is 34.5 Å². The van der Waals surface area contributed by atoms with Crippen LogP contribution < -0.4 is 5.73 Å². The molecule has 0 amide bonds. The Morgan fingerprint density at radius 1 is 1.18 bits per heavy atom. The van der Waals surface area contributed by atoms with Crippen LogP contribution in [-0.4, -0.2) is 24.6 Å². The zero-order valence-corrected chi connectivity index (χ0v) is 17.0. The van der Waals surface area contributed by atoms with Crippen LogP contribution in [-0.2, 0) is 9.63 Å². The Balaban J connectivity index is 1.65. The van der Waals surface area contributed by atoms with Crippen molar-refractivity contribution >= 4 is 11.5 Å². The lowest BCUT2D eigenvalue weighted by Crippen LogP contribution is -2.54. The zero-order valence-electron chi connectivity index (χ0n) is 17.0. The number of carbonyl (C=O) groups excluding carboxylic acids is 1. The van der Waals surface area contributed by atoms with Crippen LogP contribution in [0.4, 0.5) is 8.78 Å². The molecule has 4 aliphatic carbocycles. The van der Waals surface area contributed by atoms with Gasteiger partial charge in [-0.3, -0.25) is 4.79 Å². The zero-order chi connectivity index (χ0) is 20.1. The average molecular weight is 395 g/mol. The van der Waals surface area contributed by atoms with E-state index in [0.29, 0.717) is 49.7 Å². The fraction of sp³-hybridized carbons (Fsp3) is 0.818. The van der Waals surface area contributed by atoms with Gasteiger partial charge in [-0.25, -0.2) is 0 Å². The van der Waals surface area contributed by atoms with Gasteiger partial charge in [-0.2, -0.15) is 8.78 Å². The number of fused-ring (bicyclic) bond motifs is 5. The molecule has 28 heavy (non-hydrogen) atoms. The molecule has 0 saturated heterocycles. The highest BCUT2D eigenvalue weighted by molar-refractivity contribution is 5.87. The minimum absolute atomic E-state index is 0.151. The number of hydrogen-bond donors (Lipinski definition) is 1. The van der Waals surface area contributed by atoms with Crippen molar-refractivity contribution in [1.29, 1.82) is 0 Å². The van der Waals surface area contributed by atoms with Gasteiger partial charge in [0.1, 0.15) is 12.4 Å². The standard InChI is InChI=1S/C22H32F2N2O2/c1-21-7-5-13(26-28-10-9-25)11-18(21)15(20(23)24)12-14-16-3-4-19(27)22(16,2)8-6-17(14)21/h14,16-18H,3-12,25H2,1-2H3/t14-,16-,17-,18?,21+,22-/m0/s1. The summed E-state index contributed by atoms with van der Waals surface area (Å²) in [7, 11) is 0. The Morgan fingerprint density at radius 3 is 2.68 bits per heavy atom. The summed E-state index contributed by atoms with van der Waals surface area (Å²) in [6.07, 6.45) is 4.52. The van der Waals surface area contributed by atoms with Gasteiger partial charge in [-0.05, 0) is 79.6 Å². The van der Waals surface area contributed by atoms with E-state index in [0.717, 1.165) is 37.8 Å². The number of rotatable bonds is 3. The Hall–Kier alpha value is -1.30. The number of nitrogens with two attached hydrogens (primary N) is 1. The summed E-state index contributed by atoms with van der Waals surface area (Å²) < 4.78 is 28.2. The van der Waals surface area contributed by atoms with E-state index in [1.54, 1.807) is 0 Å². The van der Waals surface area contributed by atoms with Gasteiger partial charge in [0.2, 0.25) is 0 Å². The Labute approximate surface area is 165 Å². The van der Waals surface area contributed by atoms with E-state index in [2.05, 4.69) is 19.0 Å². The molecule has 0 heterocycles. The molecule has 0 radical (unpaired) electrons. The molecule has 4 saturated carbocycles. The van der Waals surface area contributed by atoms with Gasteiger partial charge in [0.15, 0.2) is 0 Å². The van der Waals surface area contributed by atoms with E-state index in [9.17, 15) is 13.6 Å². The molecule has 4 fully saturated rings. The largest absolute Gasteiger partial charge is 0.395 e. The first kappa shape index (κ1) is 20.0. The molecule has 0 spiro atoms. The smallest absolute Gasteiger partial charge is 0.269 e. The van der Waals surface area contributed by atoms with Crippen molar-refractivity contribution < 1.29 is 18.4 Å². The van der Waals surface area contributed by atoms with Crippen molar-refractivity contribution in [2.45, 2.75) is 65.2 Å². The number of allylic oxidation sites excluding steroid dienone is 1. The van der Waals surface area contributed by atoms with E-state index < -0.39 is 6.08 Å². The van der Waals surface area contributed by atoms with Gasteiger partial charge in [0.05, 0.1) is 5.71 Å². The average Bonchev–Trinajstić information content (AvgIpc) is 2.96. The van der Waals surface area contributed by atoms with Crippen LogP contribution in [0.2, 0.25) is 0 Å². The minimum atomic E-state index is -1.52. The highest BCUT2D eigenvalue weighted by Crippen LogP contribution is 2.66. The monoisotopic (exact) mass is 394 g/mol. The maximum absolute atomic E-state index is 14.1. The van der Waals surface area contributed by atoms with E-state index in [-0.39, 0.29) is 28.6 Å². The van der Waals surface area contributed by atoms with Crippen LogP contribution in [0.3, 0.4) is 0 Å². The Morgan fingerprint density at radius 2 is 1.96 bits per heavy atom. The lowest BCUT2D eigenvalue weighted by molar-refractivity contribution is -0.134. The summed E-state index contributed by atoms with van der Waals surface area (Å²) in [6.45, 7) is 5.05. The number of oxime groups is 1. The number of nitrogens with zero attached hydrogens (tertiary/aromatic N) is 1. The molecule has 4 nitrogen and oxygen atoms in total. The molecule has 0 bridgehead atoms. The van der Waals surface area contributed by atoms with Gasteiger partial charge < -0.3 is 10.6 Å². The van der Waals surface area contributed by atoms with Crippen molar-refractivity contribution in [2.24, 2.45) is 45.4 Å². The Kier molecular flexibility index (Phi) is 5.13. The fourth-order valence-electron chi connectivity index (χ4n) is 7.16. The number of hydrogen-bond acceptors (Lipinski definition) is 4. The summed E-state index contributed by atoms with van der Waals surface area (Å²) in [4.78, 5) is 17.8. The third-order valence-electron chi connectivity index (χ3n) is 8.70. The van der Waals surface area contributed by atoms with Gasteiger partial charge in [-0.1, -0.05) is 19.0 Å². The van der Waals surface area contributed by atoms with Gasteiger partial charge in [0, 0.05) is 18.4 Å². The normalized spacial score (nSPS) is 44.1. The topological polar surface area (TPSA) is 64.7 Å². The van der Waals surface area contributed by atoms with Crippen molar-refractivity contribution in [3.8, 4) is 0 Å². The van der Waals surface area contributed by atoms with Gasteiger partial charge in [0.25, 0.3) is 6.08 Å². The predicted molar refractivity (Wildman–Crippen MR) is 104 cm³/mol. The number of ketones is 1. The lowest BCUT2D eigenvalue weighted by Gasteiger charge is -2.59. The molecular formula is C22H32F2N2O2. The maximum atomic E-state index is 14.1. The summed E-state index contributed by atoms with van der Waals surface area (Å²) in [5, 5.41) is 4.19. The molecule has 0 aromatic heterocycles. The molecule has 0 aliphatic heterocycles. The van der Waals surface area contributed by atoms with Crippen molar-refractivity contribution in [3.05, 3.63) is 11.7 Å². The quantitative estimate of drug-likeness (QED) is 0.558. The summed E-state index contributed by atoms with van der Waals surface area (Å²) in [6, 6.07) is 0. The molecular weight excluding hydrogens is 362 g/mol. The molecule has 4 aliphatic rings. The first-order valence-electron chi connectivity index (χ1n) is 10.8. The Bertz CT molecular complexity index is 717. The van der Waals surface area contributed by atoms with Crippen molar-refractivity contribution in [3.63, 3.8) is 0 Å². The molecule has 0 aromatic carbocycles. The maximum Gasteiger partial charge on any atom is 0.269 e. The van der Waals surface area contributed by atoms with Crippen LogP contribution in [0.15, 0.2) is 16.8 Å². The number of halogens is 2. The second kappa shape index (κ2) is 7.19. The van der Waals surface area contributed by atoms with Crippen molar-refractivity contribution in [2.75, 3.05) is 13.2 Å². The minimum Gasteiger partial charge on any atom is -0.395 e. The third-order valence-corrected chi connectivity index (χ3v) is 8.70. The van der Waals surface area contributed by atoms with Crippen LogP contribution in [0.1, 0.15) is 65.2 Å². The summed E-state index contributed by atoms with van der Waals surface area (Å²) >= 11 is 0.